The number of carbonyl (C=O) groups is 1. The highest BCUT2D eigenvalue weighted by atomic mass is 79.9. The number of rotatable bonds is 2. The maximum atomic E-state index is 11.6. The van der Waals surface area contributed by atoms with E-state index in [2.05, 4.69) is 21.2 Å². The van der Waals surface area contributed by atoms with Gasteiger partial charge in [-0.15, -0.1) is 0 Å². The number of hydrogen-bond acceptors (Lipinski definition) is 3. The fourth-order valence-electron chi connectivity index (χ4n) is 0.934. The first-order chi connectivity index (χ1) is 6.56. The highest BCUT2D eigenvalue weighted by molar-refractivity contribution is 9.12. The number of nitrogens with zero attached hydrogens (tertiary/aromatic N) is 1. The number of hydrogen-bond donors (Lipinski definition) is 1. The first kappa shape index (κ1) is 11.6. The molecule has 0 fully saturated rings. The van der Waals surface area contributed by atoms with E-state index in [1.165, 1.54) is 7.11 Å². The van der Waals surface area contributed by atoms with Gasteiger partial charge in [-0.25, -0.2) is 5.06 Å². The molecule has 1 atom stereocenters. The predicted octanol–water partition coefficient (Wildman–Crippen LogP) is 1.34. The Morgan fingerprint density at radius 3 is 2.93 bits per heavy atom. The molecule has 0 radical (unpaired) electrons. The first-order valence-electron chi connectivity index (χ1n) is 3.87. The van der Waals surface area contributed by atoms with Gasteiger partial charge >= 0.3 is 0 Å². The van der Waals surface area contributed by atoms with Gasteiger partial charge in [0.15, 0.2) is 0 Å². The summed E-state index contributed by atoms with van der Waals surface area (Å²) in [4.78, 5) is 16.3. The molecule has 1 amide bonds. The molecule has 0 aromatic heterocycles. The van der Waals surface area contributed by atoms with Crippen molar-refractivity contribution in [2.75, 3.05) is 14.2 Å². The highest BCUT2D eigenvalue weighted by Crippen LogP contribution is 2.23. The predicted molar refractivity (Wildman–Crippen MR) is 57.6 cm³/mol. The van der Waals surface area contributed by atoms with Crippen molar-refractivity contribution >= 4 is 33.4 Å². The van der Waals surface area contributed by atoms with Gasteiger partial charge in [0.25, 0.3) is 5.91 Å². The van der Waals surface area contributed by atoms with Crippen LogP contribution in [-0.4, -0.2) is 31.2 Å². The zero-order valence-electron chi connectivity index (χ0n) is 7.75. The van der Waals surface area contributed by atoms with E-state index in [9.17, 15) is 4.79 Å². The van der Waals surface area contributed by atoms with Gasteiger partial charge < -0.3 is 5.32 Å². The first-order valence-corrected chi connectivity index (χ1v) is 5.04. The molecule has 0 bridgehead atoms. The summed E-state index contributed by atoms with van der Waals surface area (Å²) in [6.07, 6.45) is 3.25. The Labute approximate surface area is 95.6 Å². The van der Waals surface area contributed by atoms with E-state index in [-0.39, 0.29) is 5.91 Å². The molecule has 14 heavy (non-hydrogen) atoms. The largest absolute Gasteiger partial charge is 0.375 e. The summed E-state index contributed by atoms with van der Waals surface area (Å²) in [6.45, 7) is 0. The minimum atomic E-state index is -0.478. The third kappa shape index (κ3) is 2.50. The topological polar surface area (TPSA) is 41.6 Å². The highest BCUT2D eigenvalue weighted by Gasteiger charge is 2.22. The van der Waals surface area contributed by atoms with Crippen molar-refractivity contribution in [3.63, 3.8) is 0 Å². The molecule has 1 heterocycles. The maximum Gasteiger partial charge on any atom is 0.272 e. The SMILES string of the molecule is CON(C)C(=O)C1C=C(Cl)C(Br)=CN1. The van der Waals surface area contributed by atoms with Crippen LogP contribution in [0.3, 0.4) is 0 Å². The molecule has 0 aromatic rings. The van der Waals surface area contributed by atoms with Crippen LogP contribution in [-0.2, 0) is 9.63 Å². The zero-order chi connectivity index (χ0) is 10.7. The molecule has 78 valence electrons. The quantitative estimate of drug-likeness (QED) is 0.777. The molecule has 0 saturated carbocycles. The van der Waals surface area contributed by atoms with E-state index < -0.39 is 6.04 Å². The molecule has 0 aliphatic carbocycles. The fraction of sp³-hybridized carbons (Fsp3) is 0.375. The Morgan fingerprint density at radius 2 is 2.43 bits per heavy atom. The Kier molecular flexibility index (Phi) is 3.97. The van der Waals surface area contributed by atoms with Crippen LogP contribution in [0.2, 0.25) is 0 Å². The summed E-state index contributed by atoms with van der Waals surface area (Å²) in [5, 5.41) is 4.52. The van der Waals surface area contributed by atoms with Crippen LogP contribution in [0.5, 0.6) is 0 Å². The number of amides is 1. The van der Waals surface area contributed by atoms with Crippen LogP contribution in [0.15, 0.2) is 21.8 Å². The third-order valence-electron chi connectivity index (χ3n) is 1.78. The molecule has 1 N–H and O–H groups in total. The molecule has 0 aromatic carbocycles. The van der Waals surface area contributed by atoms with Gasteiger partial charge in [0.05, 0.1) is 16.6 Å². The number of nitrogens with one attached hydrogen (secondary N) is 1. The van der Waals surface area contributed by atoms with E-state index in [4.69, 9.17) is 16.4 Å². The fourth-order valence-corrected chi connectivity index (χ4v) is 1.38. The molecular formula is C8H10BrClN2O2. The van der Waals surface area contributed by atoms with E-state index in [0.717, 1.165) is 9.55 Å². The van der Waals surface area contributed by atoms with Crippen molar-refractivity contribution in [3.05, 3.63) is 21.8 Å². The van der Waals surface area contributed by atoms with E-state index in [1.54, 1.807) is 19.3 Å². The summed E-state index contributed by atoms with van der Waals surface area (Å²) in [5.41, 5.74) is 0. The normalized spacial score (nSPS) is 20.7. The van der Waals surface area contributed by atoms with Gasteiger partial charge in [0.2, 0.25) is 0 Å². The minimum absolute atomic E-state index is 0.207. The van der Waals surface area contributed by atoms with Crippen LogP contribution >= 0.6 is 27.5 Å². The Bertz CT molecular complexity index is 304. The lowest BCUT2D eigenvalue weighted by atomic mass is 10.2. The second-order valence-electron chi connectivity index (χ2n) is 2.67. The van der Waals surface area contributed by atoms with Gasteiger partial charge in [-0.05, 0) is 22.0 Å². The second-order valence-corrected chi connectivity index (χ2v) is 3.93. The summed E-state index contributed by atoms with van der Waals surface area (Å²) >= 11 is 9.07. The number of allylic oxidation sites excluding steroid dienone is 2. The van der Waals surface area contributed by atoms with Crippen LogP contribution < -0.4 is 5.32 Å². The average Bonchev–Trinajstić information content (AvgIpc) is 2.20. The average molecular weight is 282 g/mol. The molecular weight excluding hydrogens is 271 g/mol. The van der Waals surface area contributed by atoms with Gasteiger partial charge in [0, 0.05) is 13.2 Å². The Hall–Kier alpha value is -0.520. The van der Waals surface area contributed by atoms with Crippen molar-refractivity contribution < 1.29 is 9.63 Å². The Morgan fingerprint density at radius 1 is 1.79 bits per heavy atom. The number of dihydropyridines is 1. The van der Waals surface area contributed by atoms with Crippen molar-refractivity contribution in [1.82, 2.24) is 10.4 Å². The van der Waals surface area contributed by atoms with Gasteiger partial charge in [-0.1, -0.05) is 11.6 Å². The molecule has 1 aliphatic rings. The smallest absolute Gasteiger partial charge is 0.272 e. The summed E-state index contributed by atoms with van der Waals surface area (Å²) in [7, 11) is 2.97. The van der Waals surface area contributed by atoms with Crippen molar-refractivity contribution in [2.24, 2.45) is 0 Å². The molecule has 1 unspecified atom stereocenters. The monoisotopic (exact) mass is 280 g/mol. The summed E-state index contributed by atoms with van der Waals surface area (Å²) in [6, 6.07) is -0.478. The van der Waals surface area contributed by atoms with Crippen molar-refractivity contribution in [1.29, 1.82) is 0 Å². The molecule has 6 heteroatoms. The van der Waals surface area contributed by atoms with Crippen LogP contribution in [0.4, 0.5) is 0 Å². The maximum absolute atomic E-state index is 11.6. The minimum Gasteiger partial charge on any atom is -0.375 e. The molecule has 1 aliphatic heterocycles. The molecule has 4 nitrogen and oxygen atoms in total. The standard InChI is InChI=1S/C8H10BrClN2O2/c1-12(14-2)8(13)7-3-6(10)5(9)4-11-7/h3-4,7,11H,1-2H3. The van der Waals surface area contributed by atoms with Gasteiger partial charge in [-0.3, -0.25) is 9.63 Å². The third-order valence-corrected chi connectivity index (χ3v) is 2.99. The zero-order valence-corrected chi connectivity index (χ0v) is 10.1. The van der Waals surface area contributed by atoms with Gasteiger partial charge in [0.1, 0.15) is 6.04 Å². The summed E-state index contributed by atoms with van der Waals surface area (Å²) < 4.78 is 0.725. The lowest BCUT2D eigenvalue weighted by molar-refractivity contribution is -0.169. The van der Waals surface area contributed by atoms with Crippen LogP contribution in [0.1, 0.15) is 0 Å². The number of carbonyl (C=O) groups excluding carboxylic acids is 1. The molecule has 0 spiro atoms. The second kappa shape index (κ2) is 4.82. The van der Waals surface area contributed by atoms with Crippen molar-refractivity contribution in [3.8, 4) is 0 Å². The molecule has 1 rings (SSSR count). The van der Waals surface area contributed by atoms with E-state index >= 15 is 0 Å². The van der Waals surface area contributed by atoms with E-state index in [0.29, 0.717) is 5.03 Å². The number of hydroxylamine groups is 2. The van der Waals surface area contributed by atoms with Crippen molar-refractivity contribution in [2.45, 2.75) is 6.04 Å². The Balaban J connectivity index is 2.70. The lowest BCUT2D eigenvalue weighted by Crippen LogP contribution is -2.42. The number of likely N-dealkylation sites (N-methyl/N-ethyl adjacent to an activating group) is 1. The lowest BCUT2D eigenvalue weighted by Gasteiger charge is -2.22. The molecule has 0 saturated heterocycles. The van der Waals surface area contributed by atoms with Crippen LogP contribution in [0, 0.1) is 0 Å². The number of halogens is 2. The van der Waals surface area contributed by atoms with Gasteiger partial charge in [-0.2, -0.15) is 0 Å². The van der Waals surface area contributed by atoms with E-state index in [1.807, 2.05) is 0 Å². The summed E-state index contributed by atoms with van der Waals surface area (Å²) in [5.74, 6) is -0.207. The van der Waals surface area contributed by atoms with Crippen LogP contribution in [0.25, 0.3) is 0 Å².